The van der Waals surface area contributed by atoms with E-state index in [2.05, 4.69) is 19.9 Å². The zero-order valence-electron chi connectivity index (χ0n) is 16.6. The SMILES string of the molecule is O=S(=O)(O)C(F)(F)F.c1ccncc1.c1ccncc1.c1ccncc1.c1ccncc1. The van der Waals surface area contributed by atoms with Crippen molar-refractivity contribution in [3.8, 4) is 0 Å². The van der Waals surface area contributed by atoms with Crippen molar-refractivity contribution in [3.63, 3.8) is 0 Å². The number of aromatic nitrogens is 4. The van der Waals surface area contributed by atoms with Crippen molar-refractivity contribution in [1.29, 1.82) is 0 Å². The van der Waals surface area contributed by atoms with Crippen LogP contribution in [0.5, 0.6) is 0 Å². The summed E-state index contributed by atoms with van der Waals surface area (Å²) in [5.74, 6) is 0. The Morgan fingerprint density at radius 3 is 0.656 bits per heavy atom. The van der Waals surface area contributed by atoms with Crippen molar-refractivity contribution < 1.29 is 26.1 Å². The number of halogens is 3. The van der Waals surface area contributed by atoms with Gasteiger partial charge in [0.2, 0.25) is 0 Å². The summed E-state index contributed by atoms with van der Waals surface area (Å²) in [5, 5.41) is 0. The van der Waals surface area contributed by atoms with Crippen molar-refractivity contribution in [2.24, 2.45) is 0 Å². The van der Waals surface area contributed by atoms with Gasteiger partial charge in [-0.2, -0.15) is 21.6 Å². The molecule has 0 atom stereocenters. The Labute approximate surface area is 184 Å². The molecule has 4 heterocycles. The maximum Gasteiger partial charge on any atom is 0.522 e. The third-order valence-corrected chi connectivity index (χ3v) is 3.14. The monoisotopic (exact) mass is 466 g/mol. The molecular formula is C21H21F3N4O3S. The van der Waals surface area contributed by atoms with Gasteiger partial charge in [-0.25, -0.2) is 0 Å². The maximum atomic E-state index is 10.7. The molecule has 0 amide bonds. The minimum atomic E-state index is -5.84. The van der Waals surface area contributed by atoms with Crippen LogP contribution >= 0.6 is 0 Å². The molecule has 4 aromatic rings. The normalized spacial score (nSPS) is 9.50. The molecule has 32 heavy (non-hydrogen) atoms. The Morgan fingerprint density at radius 1 is 0.469 bits per heavy atom. The predicted octanol–water partition coefficient (Wildman–Crippen LogP) is 4.72. The van der Waals surface area contributed by atoms with E-state index in [0.29, 0.717) is 0 Å². The van der Waals surface area contributed by atoms with E-state index in [0.717, 1.165) is 0 Å². The molecule has 170 valence electrons. The van der Waals surface area contributed by atoms with Crippen LogP contribution in [0.2, 0.25) is 0 Å². The Balaban J connectivity index is 0.000000377. The topological polar surface area (TPSA) is 106 Å². The van der Waals surface area contributed by atoms with Gasteiger partial charge in [0.15, 0.2) is 0 Å². The third kappa shape index (κ3) is 19.6. The molecule has 0 spiro atoms. The molecule has 0 aliphatic rings. The van der Waals surface area contributed by atoms with Crippen LogP contribution in [0.4, 0.5) is 13.2 Å². The lowest BCUT2D eigenvalue weighted by Gasteiger charge is -1.97. The fraction of sp³-hybridized carbons (Fsp3) is 0.0476. The van der Waals surface area contributed by atoms with E-state index in [1.165, 1.54) is 0 Å². The zero-order valence-corrected chi connectivity index (χ0v) is 17.5. The van der Waals surface area contributed by atoms with Crippen molar-refractivity contribution in [2.45, 2.75) is 5.51 Å². The Hall–Kier alpha value is -3.70. The standard InChI is InChI=1S/4C5H5N.CHF3O3S/c4*1-2-4-6-5-3-1;2-1(3,4)8(5,6)7/h4*1-5H;(H,5,6,7). The number of pyridine rings is 4. The summed E-state index contributed by atoms with van der Waals surface area (Å²) in [6.07, 6.45) is 14.0. The van der Waals surface area contributed by atoms with Crippen LogP contribution in [0, 0.1) is 0 Å². The van der Waals surface area contributed by atoms with Gasteiger partial charge >= 0.3 is 15.6 Å². The molecule has 0 fully saturated rings. The molecule has 0 unspecified atom stereocenters. The fourth-order valence-corrected chi connectivity index (χ4v) is 1.25. The van der Waals surface area contributed by atoms with E-state index in [1.54, 1.807) is 49.6 Å². The molecule has 0 aromatic carbocycles. The maximum absolute atomic E-state index is 10.7. The summed E-state index contributed by atoms with van der Waals surface area (Å²) in [5.41, 5.74) is -5.53. The summed E-state index contributed by atoms with van der Waals surface area (Å²) in [7, 11) is -5.84. The van der Waals surface area contributed by atoms with Gasteiger partial charge in [0, 0.05) is 49.6 Å². The van der Waals surface area contributed by atoms with E-state index >= 15 is 0 Å². The highest BCUT2D eigenvalue weighted by Gasteiger charge is 2.44. The molecular weight excluding hydrogens is 445 g/mol. The highest BCUT2D eigenvalue weighted by Crippen LogP contribution is 2.20. The summed E-state index contributed by atoms with van der Waals surface area (Å²) in [4.78, 5) is 15.1. The number of rotatable bonds is 0. The van der Waals surface area contributed by atoms with Crippen LogP contribution in [0.3, 0.4) is 0 Å². The fourth-order valence-electron chi connectivity index (χ4n) is 1.25. The van der Waals surface area contributed by atoms with Crippen LogP contribution in [-0.2, 0) is 10.1 Å². The predicted molar refractivity (Wildman–Crippen MR) is 115 cm³/mol. The van der Waals surface area contributed by atoms with Gasteiger partial charge in [-0.3, -0.25) is 24.5 Å². The summed E-state index contributed by atoms with van der Waals surface area (Å²) >= 11 is 0. The number of alkyl halides is 3. The van der Waals surface area contributed by atoms with E-state index < -0.39 is 15.6 Å². The number of hydrogen-bond donors (Lipinski definition) is 1. The second-order valence-corrected chi connectivity index (χ2v) is 6.43. The molecule has 0 aliphatic carbocycles. The Morgan fingerprint density at radius 2 is 0.625 bits per heavy atom. The van der Waals surface area contributed by atoms with E-state index in [9.17, 15) is 13.2 Å². The van der Waals surface area contributed by atoms with Crippen molar-refractivity contribution in [3.05, 3.63) is 122 Å². The van der Waals surface area contributed by atoms with Crippen molar-refractivity contribution >= 4 is 10.1 Å². The van der Waals surface area contributed by atoms with Crippen LogP contribution in [0.1, 0.15) is 0 Å². The van der Waals surface area contributed by atoms with Crippen molar-refractivity contribution in [2.75, 3.05) is 0 Å². The van der Waals surface area contributed by atoms with Gasteiger partial charge in [0.25, 0.3) is 0 Å². The minimum Gasteiger partial charge on any atom is -0.279 e. The quantitative estimate of drug-likeness (QED) is 0.295. The largest absolute Gasteiger partial charge is 0.522 e. The smallest absolute Gasteiger partial charge is 0.279 e. The van der Waals surface area contributed by atoms with Gasteiger partial charge in [0.1, 0.15) is 0 Å². The van der Waals surface area contributed by atoms with Crippen LogP contribution < -0.4 is 0 Å². The highest BCUT2D eigenvalue weighted by atomic mass is 32.2. The van der Waals surface area contributed by atoms with Crippen LogP contribution in [0.15, 0.2) is 122 Å². The van der Waals surface area contributed by atoms with Crippen molar-refractivity contribution in [1.82, 2.24) is 19.9 Å². The van der Waals surface area contributed by atoms with Gasteiger partial charge in [0.05, 0.1) is 0 Å². The summed E-state index contributed by atoms with van der Waals surface area (Å²) in [6, 6.07) is 22.9. The lowest BCUT2D eigenvalue weighted by molar-refractivity contribution is -0.0510. The van der Waals surface area contributed by atoms with E-state index in [1.807, 2.05) is 72.8 Å². The number of hydrogen-bond acceptors (Lipinski definition) is 6. The molecule has 0 aliphatic heterocycles. The Bertz CT molecular complexity index is 749. The molecule has 1 N–H and O–H groups in total. The molecule has 11 heteroatoms. The first kappa shape index (κ1) is 28.3. The average Bonchev–Trinajstić information content (AvgIpc) is 2.84. The molecule has 4 aromatic heterocycles. The molecule has 0 saturated carbocycles. The van der Waals surface area contributed by atoms with Crippen LogP contribution in [0.25, 0.3) is 0 Å². The molecule has 0 radical (unpaired) electrons. The minimum absolute atomic E-state index is 1.75. The summed E-state index contributed by atoms with van der Waals surface area (Å²) < 4.78 is 57.5. The molecule has 0 saturated heterocycles. The molecule has 4 rings (SSSR count). The highest BCUT2D eigenvalue weighted by molar-refractivity contribution is 7.86. The van der Waals surface area contributed by atoms with Gasteiger partial charge in [-0.1, -0.05) is 24.3 Å². The Kier molecular flexibility index (Phi) is 16.0. The lowest BCUT2D eigenvalue weighted by atomic mass is 10.5. The molecule has 7 nitrogen and oxygen atoms in total. The average molecular weight is 466 g/mol. The van der Waals surface area contributed by atoms with E-state index in [4.69, 9.17) is 13.0 Å². The lowest BCUT2D eigenvalue weighted by Crippen LogP contribution is -2.21. The second kappa shape index (κ2) is 18.1. The van der Waals surface area contributed by atoms with Gasteiger partial charge in [-0.05, 0) is 48.5 Å². The van der Waals surface area contributed by atoms with Gasteiger partial charge in [-0.15, -0.1) is 0 Å². The number of nitrogens with zero attached hydrogens (tertiary/aromatic N) is 4. The first-order valence-electron chi connectivity index (χ1n) is 8.69. The third-order valence-electron chi connectivity index (χ3n) is 2.56. The zero-order chi connectivity index (χ0) is 24.0. The second-order valence-electron chi connectivity index (χ2n) is 5.02. The first-order chi connectivity index (χ1) is 15.2. The molecule has 0 bridgehead atoms. The van der Waals surface area contributed by atoms with Crippen LogP contribution in [-0.4, -0.2) is 38.4 Å². The van der Waals surface area contributed by atoms with Gasteiger partial charge < -0.3 is 0 Å². The van der Waals surface area contributed by atoms with E-state index in [-0.39, 0.29) is 0 Å². The first-order valence-corrected chi connectivity index (χ1v) is 10.1. The summed E-state index contributed by atoms with van der Waals surface area (Å²) in [6.45, 7) is 0.